The summed E-state index contributed by atoms with van der Waals surface area (Å²) in [6, 6.07) is 5.11. The third-order valence-corrected chi connectivity index (χ3v) is 4.09. The van der Waals surface area contributed by atoms with Crippen molar-refractivity contribution in [2.75, 3.05) is 31.1 Å². The number of nitrogen functional groups attached to an aromatic ring is 2. The molecule has 0 spiro atoms. The van der Waals surface area contributed by atoms with Gasteiger partial charge in [-0.3, -0.25) is 9.59 Å². The predicted octanol–water partition coefficient (Wildman–Crippen LogP) is 0.298. The first-order valence-electron chi connectivity index (χ1n) is 6.80. The van der Waals surface area contributed by atoms with Crippen molar-refractivity contribution in [1.82, 2.24) is 9.80 Å². The van der Waals surface area contributed by atoms with E-state index in [0.717, 1.165) is 6.42 Å². The van der Waals surface area contributed by atoms with Gasteiger partial charge in [0.05, 0.1) is 5.56 Å². The monoisotopic (exact) mass is 274 g/mol. The summed E-state index contributed by atoms with van der Waals surface area (Å²) in [6.07, 6.45) is 1.43. The molecule has 2 amide bonds. The predicted molar refractivity (Wildman–Crippen MR) is 75.9 cm³/mol. The van der Waals surface area contributed by atoms with Gasteiger partial charge in [-0.1, -0.05) is 0 Å². The Morgan fingerprint density at radius 3 is 2.80 bits per heavy atom. The Balaban J connectivity index is 1.77. The van der Waals surface area contributed by atoms with Crippen LogP contribution in [-0.4, -0.2) is 47.3 Å². The van der Waals surface area contributed by atoms with E-state index < -0.39 is 0 Å². The Labute approximate surface area is 117 Å². The van der Waals surface area contributed by atoms with Crippen molar-refractivity contribution in [3.8, 4) is 0 Å². The number of rotatable bonds is 1. The Morgan fingerprint density at radius 1 is 1.25 bits per heavy atom. The minimum Gasteiger partial charge on any atom is -0.399 e. The number of piperazine rings is 1. The summed E-state index contributed by atoms with van der Waals surface area (Å²) in [4.78, 5) is 27.8. The fourth-order valence-electron chi connectivity index (χ4n) is 3.00. The zero-order valence-corrected chi connectivity index (χ0v) is 11.2. The average Bonchev–Trinajstić information content (AvgIpc) is 2.79. The van der Waals surface area contributed by atoms with Gasteiger partial charge in [0.2, 0.25) is 5.91 Å². The molecule has 20 heavy (non-hydrogen) atoms. The number of nitrogens with zero attached hydrogens (tertiary/aromatic N) is 2. The van der Waals surface area contributed by atoms with Crippen LogP contribution < -0.4 is 11.5 Å². The molecular formula is C14H18N4O2. The molecule has 2 aliphatic rings. The molecule has 2 heterocycles. The Bertz CT molecular complexity index is 572. The number of carbonyl (C=O) groups is 2. The van der Waals surface area contributed by atoms with Gasteiger partial charge in [-0.05, 0) is 24.6 Å². The molecule has 4 N–H and O–H groups in total. The van der Waals surface area contributed by atoms with Crippen molar-refractivity contribution >= 4 is 23.2 Å². The molecule has 1 aromatic carbocycles. The molecule has 6 heteroatoms. The molecule has 1 atom stereocenters. The van der Waals surface area contributed by atoms with Crippen molar-refractivity contribution in [2.24, 2.45) is 0 Å². The van der Waals surface area contributed by atoms with Crippen LogP contribution in [-0.2, 0) is 4.79 Å². The van der Waals surface area contributed by atoms with Crippen LogP contribution in [0.3, 0.4) is 0 Å². The zero-order valence-electron chi connectivity index (χ0n) is 11.2. The number of carbonyl (C=O) groups excluding carboxylic acids is 2. The normalized spacial score (nSPS) is 22.0. The fourth-order valence-corrected chi connectivity index (χ4v) is 3.00. The molecule has 1 unspecified atom stereocenters. The van der Waals surface area contributed by atoms with Crippen LogP contribution in [0.15, 0.2) is 18.2 Å². The lowest BCUT2D eigenvalue weighted by Gasteiger charge is -2.37. The second-order valence-corrected chi connectivity index (χ2v) is 5.38. The largest absolute Gasteiger partial charge is 0.399 e. The van der Waals surface area contributed by atoms with E-state index in [2.05, 4.69) is 0 Å². The van der Waals surface area contributed by atoms with E-state index in [9.17, 15) is 9.59 Å². The van der Waals surface area contributed by atoms with Gasteiger partial charge in [-0.25, -0.2) is 0 Å². The smallest absolute Gasteiger partial charge is 0.256 e. The fraction of sp³-hybridized carbons (Fsp3) is 0.429. The van der Waals surface area contributed by atoms with Gasteiger partial charge in [0.1, 0.15) is 0 Å². The Kier molecular flexibility index (Phi) is 3.00. The summed E-state index contributed by atoms with van der Waals surface area (Å²) in [5, 5.41) is 0. The van der Waals surface area contributed by atoms with Gasteiger partial charge in [-0.15, -0.1) is 0 Å². The zero-order chi connectivity index (χ0) is 14.3. The van der Waals surface area contributed by atoms with Gasteiger partial charge in [-0.2, -0.15) is 0 Å². The van der Waals surface area contributed by atoms with E-state index in [1.165, 1.54) is 0 Å². The molecule has 1 aromatic rings. The number of anilines is 2. The van der Waals surface area contributed by atoms with E-state index in [1.807, 2.05) is 4.90 Å². The molecule has 0 aromatic heterocycles. The van der Waals surface area contributed by atoms with Crippen molar-refractivity contribution < 1.29 is 9.59 Å². The van der Waals surface area contributed by atoms with Crippen molar-refractivity contribution in [3.63, 3.8) is 0 Å². The summed E-state index contributed by atoms with van der Waals surface area (Å²) in [7, 11) is 0. The molecule has 0 bridgehead atoms. The van der Waals surface area contributed by atoms with Crippen molar-refractivity contribution in [1.29, 1.82) is 0 Å². The molecule has 2 aliphatic heterocycles. The van der Waals surface area contributed by atoms with Gasteiger partial charge in [0, 0.05) is 43.5 Å². The highest BCUT2D eigenvalue weighted by Crippen LogP contribution is 2.25. The Morgan fingerprint density at radius 2 is 2.05 bits per heavy atom. The van der Waals surface area contributed by atoms with E-state index in [-0.39, 0.29) is 17.9 Å². The van der Waals surface area contributed by atoms with Gasteiger partial charge in [0.15, 0.2) is 0 Å². The SMILES string of the molecule is Nc1ccc(C(=O)N2CCN3C(=O)CCC3C2)c(N)c1. The van der Waals surface area contributed by atoms with Gasteiger partial charge < -0.3 is 21.3 Å². The number of fused-ring (bicyclic) bond motifs is 1. The second kappa shape index (κ2) is 4.70. The lowest BCUT2D eigenvalue weighted by atomic mass is 10.1. The molecular weight excluding hydrogens is 256 g/mol. The number of hydrogen-bond acceptors (Lipinski definition) is 4. The first-order valence-corrected chi connectivity index (χ1v) is 6.80. The van der Waals surface area contributed by atoms with Crippen molar-refractivity contribution in [2.45, 2.75) is 18.9 Å². The number of nitrogens with two attached hydrogens (primary N) is 2. The Hall–Kier alpha value is -2.24. The molecule has 6 nitrogen and oxygen atoms in total. The molecule has 3 rings (SSSR count). The quantitative estimate of drug-likeness (QED) is 0.720. The van der Waals surface area contributed by atoms with Crippen LogP contribution in [0.2, 0.25) is 0 Å². The summed E-state index contributed by atoms with van der Waals surface area (Å²) in [6.45, 7) is 1.77. The van der Waals surface area contributed by atoms with Gasteiger partial charge >= 0.3 is 0 Å². The van der Waals surface area contributed by atoms with Crippen molar-refractivity contribution in [3.05, 3.63) is 23.8 Å². The molecule has 2 saturated heterocycles. The van der Waals surface area contributed by atoms with Crippen LogP contribution in [0.25, 0.3) is 0 Å². The van der Waals surface area contributed by atoms with E-state index in [0.29, 0.717) is 43.0 Å². The first kappa shape index (κ1) is 12.8. The van der Waals surface area contributed by atoms with E-state index in [1.54, 1.807) is 23.1 Å². The maximum Gasteiger partial charge on any atom is 0.256 e. The van der Waals surface area contributed by atoms with Crippen LogP contribution in [0.4, 0.5) is 11.4 Å². The summed E-state index contributed by atoms with van der Waals surface area (Å²) < 4.78 is 0. The number of hydrogen-bond donors (Lipinski definition) is 2. The summed E-state index contributed by atoms with van der Waals surface area (Å²) >= 11 is 0. The maximum atomic E-state index is 12.5. The summed E-state index contributed by atoms with van der Waals surface area (Å²) in [5.74, 6) is 0.121. The van der Waals surface area contributed by atoms with Crippen LogP contribution in [0.1, 0.15) is 23.2 Å². The molecule has 0 aliphatic carbocycles. The van der Waals surface area contributed by atoms with Gasteiger partial charge in [0.25, 0.3) is 5.91 Å². The maximum absolute atomic E-state index is 12.5. The summed E-state index contributed by atoms with van der Waals surface area (Å²) in [5.41, 5.74) is 12.9. The number of amides is 2. The van der Waals surface area contributed by atoms with Crippen LogP contribution in [0, 0.1) is 0 Å². The standard InChI is InChI=1S/C14H18N4O2/c15-9-1-3-11(12(16)7-9)14(20)17-5-6-18-10(8-17)2-4-13(18)19/h1,3,7,10H,2,4-6,8,15-16H2. The lowest BCUT2D eigenvalue weighted by molar-refractivity contribution is -0.130. The molecule has 0 radical (unpaired) electrons. The lowest BCUT2D eigenvalue weighted by Crippen LogP contribution is -2.53. The highest BCUT2D eigenvalue weighted by atomic mass is 16.2. The third-order valence-electron chi connectivity index (χ3n) is 4.09. The van der Waals surface area contributed by atoms with E-state index in [4.69, 9.17) is 11.5 Å². The first-order chi connectivity index (χ1) is 9.56. The second-order valence-electron chi connectivity index (χ2n) is 5.38. The number of benzene rings is 1. The molecule has 2 fully saturated rings. The van der Waals surface area contributed by atoms with E-state index >= 15 is 0 Å². The minimum absolute atomic E-state index is 0.0819. The van der Waals surface area contributed by atoms with Crippen LogP contribution in [0.5, 0.6) is 0 Å². The average molecular weight is 274 g/mol. The minimum atomic E-state index is -0.0819. The molecule has 0 saturated carbocycles. The highest BCUT2D eigenvalue weighted by molar-refractivity contribution is 6.00. The highest BCUT2D eigenvalue weighted by Gasteiger charge is 2.37. The van der Waals surface area contributed by atoms with Crippen LogP contribution >= 0.6 is 0 Å². The third kappa shape index (κ3) is 2.07. The molecule has 106 valence electrons. The topological polar surface area (TPSA) is 92.7 Å².